The molecule has 2 aromatic rings. The van der Waals surface area contributed by atoms with Crippen LogP contribution < -0.4 is 20.8 Å². The second-order valence-electron chi connectivity index (χ2n) is 5.33. The van der Waals surface area contributed by atoms with Crippen LogP contribution in [0, 0.1) is 0 Å². The van der Waals surface area contributed by atoms with Gasteiger partial charge in [-0.25, -0.2) is 5.43 Å². The van der Waals surface area contributed by atoms with Crippen molar-refractivity contribution in [1.82, 2.24) is 10.7 Å². The fraction of sp³-hybridized carbons (Fsp3) is 0.158. The molecule has 0 fully saturated rings. The van der Waals surface area contributed by atoms with Gasteiger partial charge in [0.2, 0.25) is 0 Å². The lowest BCUT2D eigenvalue weighted by molar-refractivity contribution is -0.139. The second-order valence-corrected chi connectivity index (χ2v) is 5.33. The van der Waals surface area contributed by atoms with Crippen LogP contribution in [0.25, 0.3) is 0 Å². The Labute approximate surface area is 156 Å². The quantitative estimate of drug-likeness (QED) is 0.389. The summed E-state index contributed by atoms with van der Waals surface area (Å²) in [6.07, 6.45) is 1.39. The first kappa shape index (κ1) is 19.6. The van der Waals surface area contributed by atoms with Crippen molar-refractivity contribution in [3.8, 4) is 5.75 Å². The maximum Gasteiger partial charge on any atom is 0.329 e. The van der Waals surface area contributed by atoms with E-state index in [1.165, 1.54) is 6.21 Å². The first-order valence-electron chi connectivity index (χ1n) is 8.27. The second kappa shape index (κ2) is 10.3. The summed E-state index contributed by atoms with van der Waals surface area (Å²) in [7, 11) is 0. The van der Waals surface area contributed by atoms with E-state index < -0.39 is 11.8 Å². The van der Waals surface area contributed by atoms with Crippen LogP contribution in [-0.2, 0) is 14.4 Å². The van der Waals surface area contributed by atoms with Gasteiger partial charge >= 0.3 is 11.8 Å². The van der Waals surface area contributed by atoms with E-state index in [-0.39, 0.29) is 12.5 Å². The zero-order valence-corrected chi connectivity index (χ0v) is 14.8. The molecule has 2 aromatic carbocycles. The number of nitrogens with zero attached hydrogens (tertiary/aromatic N) is 1. The first-order valence-corrected chi connectivity index (χ1v) is 8.27. The number of hydrogen-bond donors (Lipinski definition) is 3. The third-order valence-corrected chi connectivity index (χ3v) is 3.23. The molecule has 0 atom stereocenters. The van der Waals surface area contributed by atoms with E-state index in [4.69, 9.17) is 4.74 Å². The summed E-state index contributed by atoms with van der Waals surface area (Å²) in [6.45, 7) is 1.95. The molecule has 0 aromatic heterocycles. The van der Waals surface area contributed by atoms with Crippen LogP contribution in [0.5, 0.6) is 5.75 Å². The van der Waals surface area contributed by atoms with Crippen LogP contribution in [0.3, 0.4) is 0 Å². The normalized spacial score (nSPS) is 10.3. The molecule has 0 unspecified atom stereocenters. The SMILES string of the molecule is CCNC(=O)C(=O)N/N=C\c1ccc(OCC(=O)Nc2ccccc2)cc1. The number of para-hydroxylation sites is 1. The fourth-order valence-corrected chi connectivity index (χ4v) is 1.97. The number of rotatable bonds is 7. The first-order chi connectivity index (χ1) is 13.1. The molecule has 8 nitrogen and oxygen atoms in total. The lowest BCUT2D eigenvalue weighted by Crippen LogP contribution is -2.37. The molecule has 27 heavy (non-hydrogen) atoms. The summed E-state index contributed by atoms with van der Waals surface area (Å²) in [4.78, 5) is 34.4. The summed E-state index contributed by atoms with van der Waals surface area (Å²) in [5, 5.41) is 8.79. The summed E-state index contributed by atoms with van der Waals surface area (Å²) in [6, 6.07) is 15.8. The minimum atomic E-state index is -0.836. The number of hydrogen-bond acceptors (Lipinski definition) is 5. The predicted octanol–water partition coefficient (Wildman–Crippen LogP) is 1.29. The Morgan fingerprint density at radius 3 is 2.37 bits per heavy atom. The van der Waals surface area contributed by atoms with E-state index >= 15 is 0 Å². The van der Waals surface area contributed by atoms with E-state index in [2.05, 4.69) is 21.2 Å². The van der Waals surface area contributed by atoms with Gasteiger partial charge in [-0.05, 0) is 48.9 Å². The lowest BCUT2D eigenvalue weighted by Gasteiger charge is -2.07. The average molecular weight is 368 g/mol. The third-order valence-electron chi connectivity index (χ3n) is 3.23. The lowest BCUT2D eigenvalue weighted by atomic mass is 10.2. The van der Waals surface area contributed by atoms with Crippen LogP contribution in [0.4, 0.5) is 5.69 Å². The highest BCUT2D eigenvalue weighted by atomic mass is 16.5. The molecule has 3 amide bonds. The Bertz CT molecular complexity index is 804. The van der Waals surface area contributed by atoms with Gasteiger partial charge < -0.3 is 15.4 Å². The third kappa shape index (κ3) is 6.99. The molecule has 0 aliphatic carbocycles. The van der Waals surface area contributed by atoms with Gasteiger partial charge in [0.05, 0.1) is 6.21 Å². The number of carbonyl (C=O) groups excluding carboxylic acids is 3. The highest BCUT2D eigenvalue weighted by molar-refractivity contribution is 6.35. The molecule has 8 heteroatoms. The van der Waals surface area contributed by atoms with Gasteiger partial charge in [-0.1, -0.05) is 18.2 Å². The highest BCUT2D eigenvalue weighted by Gasteiger charge is 2.10. The molecule has 2 rings (SSSR count). The highest BCUT2D eigenvalue weighted by Crippen LogP contribution is 2.11. The largest absolute Gasteiger partial charge is 0.484 e. The van der Waals surface area contributed by atoms with Crippen molar-refractivity contribution in [2.24, 2.45) is 5.10 Å². The monoisotopic (exact) mass is 368 g/mol. The standard InChI is InChI=1S/C19H20N4O4/c1-2-20-18(25)19(26)23-21-12-14-8-10-16(11-9-14)27-13-17(24)22-15-6-4-3-5-7-15/h3-12H,2,13H2,1H3,(H,20,25)(H,22,24)(H,23,26)/b21-12-. The Morgan fingerprint density at radius 1 is 1.00 bits per heavy atom. The molecular weight excluding hydrogens is 348 g/mol. The molecule has 0 bridgehead atoms. The topological polar surface area (TPSA) is 109 Å². The van der Waals surface area contributed by atoms with Gasteiger partial charge in [0, 0.05) is 12.2 Å². The number of anilines is 1. The molecule has 0 aliphatic rings. The predicted molar refractivity (Wildman–Crippen MR) is 101 cm³/mol. The zero-order chi connectivity index (χ0) is 19.5. The van der Waals surface area contributed by atoms with Gasteiger partial charge in [0.25, 0.3) is 5.91 Å². The van der Waals surface area contributed by atoms with E-state index in [1.54, 1.807) is 43.3 Å². The minimum Gasteiger partial charge on any atom is -0.484 e. The summed E-state index contributed by atoms with van der Waals surface area (Å²) in [5.74, 6) is -1.33. The zero-order valence-electron chi connectivity index (χ0n) is 14.8. The van der Waals surface area contributed by atoms with Gasteiger partial charge in [0.1, 0.15) is 5.75 Å². The summed E-state index contributed by atoms with van der Waals surface area (Å²) < 4.78 is 5.42. The van der Waals surface area contributed by atoms with Crippen molar-refractivity contribution in [2.75, 3.05) is 18.5 Å². The number of benzene rings is 2. The molecule has 0 aliphatic heterocycles. The molecular formula is C19H20N4O4. The van der Waals surface area contributed by atoms with Crippen LogP contribution in [0.2, 0.25) is 0 Å². The Hall–Kier alpha value is -3.68. The summed E-state index contributed by atoms with van der Waals surface area (Å²) in [5.41, 5.74) is 3.52. The Morgan fingerprint density at radius 2 is 1.70 bits per heavy atom. The summed E-state index contributed by atoms with van der Waals surface area (Å²) >= 11 is 0. The fourth-order valence-electron chi connectivity index (χ4n) is 1.97. The maximum atomic E-state index is 11.8. The van der Waals surface area contributed by atoms with E-state index in [0.29, 0.717) is 23.5 Å². The van der Waals surface area contributed by atoms with Crippen LogP contribution in [0.15, 0.2) is 59.7 Å². The molecule has 0 heterocycles. The number of hydrazone groups is 1. The number of nitrogens with one attached hydrogen (secondary N) is 3. The van der Waals surface area contributed by atoms with Crippen molar-refractivity contribution in [3.05, 3.63) is 60.2 Å². The molecule has 0 spiro atoms. The van der Waals surface area contributed by atoms with Crippen LogP contribution >= 0.6 is 0 Å². The number of ether oxygens (including phenoxy) is 1. The molecule has 0 saturated heterocycles. The van der Waals surface area contributed by atoms with Gasteiger partial charge in [-0.15, -0.1) is 0 Å². The maximum absolute atomic E-state index is 11.8. The van der Waals surface area contributed by atoms with Crippen LogP contribution in [0.1, 0.15) is 12.5 Å². The average Bonchev–Trinajstić information content (AvgIpc) is 2.68. The van der Waals surface area contributed by atoms with Crippen molar-refractivity contribution in [2.45, 2.75) is 6.92 Å². The van der Waals surface area contributed by atoms with Crippen molar-refractivity contribution < 1.29 is 19.1 Å². The van der Waals surface area contributed by atoms with Crippen molar-refractivity contribution in [3.63, 3.8) is 0 Å². The van der Waals surface area contributed by atoms with Gasteiger partial charge in [-0.3, -0.25) is 14.4 Å². The molecule has 0 radical (unpaired) electrons. The van der Waals surface area contributed by atoms with Crippen molar-refractivity contribution >= 4 is 29.6 Å². The number of amides is 3. The minimum absolute atomic E-state index is 0.120. The molecule has 0 saturated carbocycles. The Kier molecular flexibility index (Phi) is 7.52. The van der Waals surface area contributed by atoms with Crippen LogP contribution in [-0.4, -0.2) is 37.1 Å². The van der Waals surface area contributed by atoms with Crippen molar-refractivity contribution in [1.29, 1.82) is 0 Å². The van der Waals surface area contributed by atoms with E-state index in [1.807, 2.05) is 18.2 Å². The van der Waals surface area contributed by atoms with E-state index in [9.17, 15) is 14.4 Å². The molecule has 140 valence electrons. The number of carbonyl (C=O) groups is 3. The van der Waals surface area contributed by atoms with Gasteiger partial charge in [-0.2, -0.15) is 5.10 Å². The smallest absolute Gasteiger partial charge is 0.329 e. The number of likely N-dealkylation sites (N-methyl/N-ethyl adjacent to an activating group) is 1. The Balaban J connectivity index is 1.77. The van der Waals surface area contributed by atoms with E-state index in [0.717, 1.165) is 0 Å². The van der Waals surface area contributed by atoms with Gasteiger partial charge in [0.15, 0.2) is 6.61 Å². The molecule has 3 N–H and O–H groups in total.